The van der Waals surface area contributed by atoms with Crippen molar-refractivity contribution in [2.24, 2.45) is 0 Å². The van der Waals surface area contributed by atoms with E-state index in [1.165, 1.54) is 24.3 Å². The standard InChI is InChI=1S/C9H9NO6/c11-8(12)9(13)16-5-6-1-3-7(4-2-6)10(14)15/h1-4,8,11-12H,5H2. The van der Waals surface area contributed by atoms with Crippen LogP contribution in [0.25, 0.3) is 0 Å². The average molecular weight is 227 g/mol. The highest BCUT2D eigenvalue weighted by molar-refractivity contribution is 5.72. The van der Waals surface area contributed by atoms with E-state index in [2.05, 4.69) is 4.74 Å². The van der Waals surface area contributed by atoms with Gasteiger partial charge in [-0.15, -0.1) is 0 Å². The van der Waals surface area contributed by atoms with Crippen molar-refractivity contribution in [3.05, 3.63) is 39.9 Å². The summed E-state index contributed by atoms with van der Waals surface area (Å²) < 4.78 is 4.48. The number of nitrogens with zero attached hydrogens (tertiary/aromatic N) is 1. The Balaban J connectivity index is 2.56. The number of ether oxygens (including phenoxy) is 1. The van der Waals surface area contributed by atoms with Crippen molar-refractivity contribution in [3.63, 3.8) is 0 Å². The molecular formula is C9H9NO6. The second kappa shape index (κ2) is 5.19. The fourth-order valence-electron chi connectivity index (χ4n) is 0.943. The quantitative estimate of drug-likeness (QED) is 0.323. The maximum Gasteiger partial charge on any atom is 0.363 e. The number of nitro groups is 1. The number of benzene rings is 1. The second-order valence-corrected chi connectivity index (χ2v) is 2.90. The van der Waals surface area contributed by atoms with Crippen LogP contribution in [0, 0.1) is 10.1 Å². The lowest BCUT2D eigenvalue weighted by atomic mass is 10.2. The third-order valence-corrected chi connectivity index (χ3v) is 1.74. The summed E-state index contributed by atoms with van der Waals surface area (Å²) in [7, 11) is 0. The van der Waals surface area contributed by atoms with Gasteiger partial charge < -0.3 is 14.9 Å². The first-order valence-electron chi connectivity index (χ1n) is 4.27. The molecular weight excluding hydrogens is 218 g/mol. The molecule has 0 unspecified atom stereocenters. The molecule has 0 aliphatic heterocycles. The van der Waals surface area contributed by atoms with E-state index < -0.39 is 17.2 Å². The minimum atomic E-state index is -2.17. The Kier molecular flexibility index (Phi) is 3.92. The van der Waals surface area contributed by atoms with E-state index in [1.807, 2.05) is 0 Å². The smallest absolute Gasteiger partial charge is 0.363 e. The highest BCUT2D eigenvalue weighted by Gasteiger charge is 2.12. The van der Waals surface area contributed by atoms with Gasteiger partial charge in [-0.3, -0.25) is 10.1 Å². The predicted molar refractivity (Wildman–Crippen MR) is 51.1 cm³/mol. The van der Waals surface area contributed by atoms with Crippen LogP contribution in [-0.2, 0) is 16.1 Å². The number of esters is 1. The molecule has 0 heterocycles. The van der Waals surface area contributed by atoms with Crippen LogP contribution in [0.4, 0.5) is 5.69 Å². The van der Waals surface area contributed by atoms with Crippen molar-refractivity contribution >= 4 is 11.7 Å². The van der Waals surface area contributed by atoms with Gasteiger partial charge >= 0.3 is 5.97 Å². The molecule has 1 aromatic rings. The van der Waals surface area contributed by atoms with Crippen molar-refractivity contribution < 1.29 is 24.7 Å². The van der Waals surface area contributed by atoms with Gasteiger partial charge in [-0.05, 0) is 17.7 Å². The van der Waals surface area contributed by atoms with Gasteiger partial charge in [0.1, 0.15) is 6.61 Å². The summed E-state index contributed by atoms with van der Waals surface area (Å²) in [5.41, 5.74) is 0.442. The number of carbonyl (C=O) groups is 1. The van der Waals surface area contributed by atoms with Crippen molar-refractivity contribution in [2.75, 3.05) is 0 Å². The maximum atomic E-state index is 10.7. The minimum absolute atomic E-state index is 0.0720. The zero-order valence-electron chi connectivity index (χ0n) is 8.07. The van der Waals surface area contributed by atoms with E-state index in [0.717, 1.165) is 0 Å². The molecule has 16 heavy (non-hydrogen) atoms. The Morgan fingerprint density at radius 1 is 1.38 bits per heavy atom. The summed E-state index contributed by atoms with van der Waals surface area (Å²) in [6, 6.07) is 5.35. The van der Waals surface area contributed by atoms with Crippen LogP contribution in [-0.4, -0.2) is 27.4 Å². The van der Waals surface area contributed by atoms with Crippen LogP contribution >= 0.6 is 0 Å². The normalized spacial score (nSPS) is 10.2. The van der Waals surface area contributed by atoms with E-state index in [1.54, 1.807) is 0 Å². The van der Waals surface area contributed by atoms with E-state index in [0.29, 0.717) is 5.56 Å². The zero-order valence-corrected chi connectivity index (χ0v) is 8.07. The van der Waals surface area contributed by atoms with Gasteiger partial charge in [0.25, 0.3) is 12.0 Å². The summed E-state index contributed by atoms with van der Waals surface area (Å²) in [6.07, 6.45) is -2.17. The minimum Gasteiger partial charge on any atom is -0.457 e. The fraction of sp³-hybridized carbons (Fsp3) is 0.222. The number of hydrogen-bond donors (Lipinski definition) is 2. The molecule has 2 N–H and O–H groups in total. The first-order chi connectivity index (χ1) is 7.50. The second-order valence-electron chi connectivity index (χ2n) is 2.90. The van der Waals surface area contributed by atoms with Crippen molar-refractivity contribution in [1.82, 2.24) is 0 Å². The van der Waals surface area contributed by atoms with Gasteiger partial charge in [0.15, 0.2) is 0 Å². The van der Waals surface area contributed by atoms with Gasteiger partial charge in [0, 0.05) is 12.1 Å². The van der Waals surface area contributed by atoms with Crippen molar-refractivity contribution in [1.29, 1.82) is 0 Å². The molecule has 0 radical (unpaired) electrons. The molecule has 0 amide bonds. The zero-order chi connectivity index (χ0) is 12.1. The lowest BCUT2D eigenvalue weighted by molar-refractivity contribution is -0.384. The lowest BCUT2D eigenvalue weighted by Crippen LogP contribution is -2.21. The topological polar surface area (TPSA) is 110 Å². The van der Waals surface area contributed by atoms with Crippen LogP contribution in [0.5, 0.6) is 0 Å². The first-order valence-corrected chi connectivity index (χ1v) is 4.27. The van der Waals surface area contributed by atoms with Gasteiger partial charge in [-0.2, -0.15) is 0 Å². The maximum absolute atomic E-state index is 10.7. The molecule has 0 saturated heterocycles. The van der Waals surface area contributed by atoms with E-state index >= 15 is 0 Å². The third kappa shape index (κ3) is 3.30. The molecule has 0 aliphatic rings. The number of rotatable bonds is 4. The first kappa shape index (κ1) is 12.1. The molecule has 0 saturated carbocycles. The van der Waals surface area contributed by atoms with Crippen LogP contribution in [0.1, 0.15) is 5.56 Å². The molecule has 0 aromatic heterocycles. The van der Waals surface area contributed by atoms with Crippen molar-refractivity contribution in [2.45, 2.75) is 12.9 Å². The van der Waals surface area contributed by atoms with Crippen LogP contribution in [0.3, 0.4) is 0 Å². The van der Waals surface area contributed by atoms with Gasteiger partial charge in [0.2, 0.25) is 0 Å². The Morgan fingerprint density at radius 3 is 2.38 bits per heavy atom. The molecule has 7 nitrogen and oxygen atoms in total. The Labute approximate surface area is 90.0 Å². The lowest BCUT2D eigenvalue weighted by Gasteiger charge is -2.05. The summed E-state index contributed by atoms with van der Waals surface area (Å²) >= 11 is 0. The van der Waals surface area contributed by atoms with Gasteiger partial charge in [-0.25, -0.2) is 4.79 Å². The summed E-state index contributed by atoms with van der Waals surface area (Å²) in [5, 5.41) is 27.1. The number of nitro benzene ring substituents is 1. The molecule has 0 bridgehead atoms. The highest BCUT2D eigenvalue weighted by Crippen LogP contribution is 2.12. The summed E-state index contributed by atoms with van der Waals surface area (Å²) in [5.74, 6) is -1.17. The number of aliphatic hydroxyl groups is 2. The Hall–Kier alpha value is -1.99. The third-order valence-electron chi connectivity index (χ3n) is 1.74. The Bertz CT molecular complexity index is 385. The number of hydrogen-bond acceptors (Lipinski definition) is 6. The SMILES string of the molecule is O=C(OCc1ccc([N+](=O)[O-])cc1)C(O)O. The molecule has 1 rings (SSSR count). The van der Waals surface area contributed by atoms with Gasteiger partial charge in [-0.1, -0.05) is 0 Å². The summed E-state index contributed by atoms with van der Waals surface area (Å²) in [4.78, 5) is 20.4. The van der Waals surface area contributed by atoms with Crippen LogP contribution in [0.15, 0.2) is 24.3 Å². The fourth-order valence-corrected chi connectivity index (χ4v) is 0.943. The Morgan fingerprint density at radius 2 is 1.94 bits per heavy atom. The molecule has 0 spiro atoms. The van der Waals surface area contributed by atoms with E-state index in [-0.39, 0.29) is 12.3 Å². The highest BCUT2D eigenvalue weighted by atomic mass is 16.6. The number of carbonyl (C=O) groups excluding carboxylic acids is 1. The molecule has 1 aromatic carbocycles. The predicted octanol–water partition coefficient (Wildman–Crippen LogP) is -0.0513. The number of non-ortho nitro benzene ring substituents is 1. The van der Waals surface area contributed by atoms with Crippen LogP contribution < -0.4 is 0 Å². The monoisotopic (exact) mass is 227 g/mol. The van der Waals surface area contributed by atoms with E-state index in [9.17, 15) is 14.9 Å². The van der Waals surface area contributed by atoms with Crippen molar-refractivity contribution in [3.8, 4) is 0 Å². The molecule has 7 heteroatoms. The number of aliphatic hydroxyl groups excluding tert-OH is 1. The average Bonchev–Trinajstić information content (AvgIpc) is 2.26. The van der Waals surface area contributed by atoms with E-state index in [4.69, 9.17) is 10.2 Å². The molecule has 0 aliphatic carbocycles. The van der Waals surface area contributed by atoms with Gasteiger partial charge in [0.05, 0.1) is 4.92 Å². The largest absolute Gasteiger partial charge is 0.457 e. The molecule has 86 valence electrons. The van der Waals surface area contributed by atoms with Crippen LogP contribution in [0.2, 0.25) is 0 Å². The summed E-state index contributed by atoms with van der Waals surface area (Å²) in [6.45, 7) is -0.172. The molecule has 0 fully saturated rings. The molecule has 0 atom stereocenters.